The van der Waals surface area contributed by atoms with Crippen LogP contribution in [0, 0.1) is 6.92 Å². The van der Waals surface area contributed by atoms with Gasteiger partial charge in [-0.1, -0.05) is 54.6 Å². The first-order chi connectivity index (χ1) is 9.50. The first kappa shape index (κ1) is 14.8. The summed E-state index contributed by atoms with van der Waals surface area (Å²) in [6.45, 7) is 6.61. The van der Waals surface area contributed by atoms with Crippen LogP contribution in [0.2, 0.25) is 0 Å². The fourth-order valence-corrected chi connectivity index (χ4v) is 2.43. The molecule has 2 aromatic rings. The van der Waals surface area contributed by atoms with Gasteiger partial charge in [-0.05, 0) is 37.5 Å². The second-order valence-electron chi connectivity index (χ2n) is 5.60. The zero-order chi connectivity index (χ0) is 14.6. The summed E-state index contributed by atoms with van der Waals surface area (Å²) in [5.41, 5.74) is 2.62. The minimum absolute atomic E-state index is 0.214. The van der Waals surface area contributed by atoms with Crippen LogP contribution in [-0.4, -0.2) is 11.7 Å². The predicted octanol–water partition coefficient (Wildman–Crippen LogP) is 3.55. The van der Waals surface area contributed by atoms with E-state index in [1.54, 1.807) is 0 Å². The number of benzene rings is 2. The third-order valence-corrected chi connectivity index (χ3v) is 3.80. The van der Waals surface area contributed by atoms with Gasteiger partial charge in [-0.2, -0.15) is 0 Å². The van der Waals surface area contributed by atoms with E-state index in [1.165, 1.54) is 11.1 Å². The Morgan fingerprint density at radius 2 is 1.65 bits per heavy atom. The molecule has 0 aromatic heterocycles. The molecule has 0 saturated carbocycles. The molecule has 20 heavy (non-hydrogen) atoms. The van der Waals surface area contributed by atoms with Crippen LogP contribution in [-0.2, 0) is 5.60 Å². The average molecular weight is 269 g/mol. The molecule has 0 spiro atoms. The summed E-state index contributed by atoms with van der Waals surface area (Å²) >= 11 is 0. The molecule has 0 amide bonds. The summed E-state index contributed by atoms with van der Waals surface area (Å²) in [6, 6.07) is 18.3. The molecule has 1 unspecified atom stereocenters. The Bertz CT molecular complexity index is 548. The van der Waals surface area contributed by atoms with Crippen molar-refractivity contribution in [3.63, 3.8) is 0 Å². The largest absolute Gasteiger partial charge is 0.384 e. The molecule has 2 N–H and O–H groups in total. The molecule has 0 aliphatic rings. The van der Waals surface area contributed by atoms with Gasteiger partial charge in [0.1, 0.15) is 0 Å². The molecule has 106 valence electrons. The molecule has 2 heteroatoms. The van der Waals surface area contributed by atoms with Crippen molar-refractivity contribution in [1.82, 2.24) is 5.32 Å². The van der Waals surface area contributed by atoms with Gasteiger partial charge in [-0.15, -0.1) is 0 Å². The molecule has 0 bridgehead atoms. The standard InChI is InChI=1S/C18H23NO/c1-14-9-7-8-12-17(14)15(2)19-13-18(3,20)16-10-5-4-6-11-16/h4-12,15,19-20H,13H2,1-3H3/t15-,18?/m0/s1. The molecular weight excluding hydrogens is 246 g/mol. The Labute approximate surface area is 121 Å². The highest BCUT2D eigenvalue weighted by molar-refractivity contribution is 5.28. The Balaban J connectivity index is 2.03. The first-order valence-corrected chi connectivity index (χ1v) is 7.07. The molecule has 2 aromatic carbocycles. The van der Waals surface area contributed by atoms with E-state index in [9.17, 15) is 5.11 Å². The Kier molecular flexibility index (Phi) is 4.58. The summed E-state index contributed by atoms with van der Waals surface area (Å²) in [5.74, 6) is 0. The van der Waals surface area contributed by atoms with Gasteiger partial charge in [0.25, 0.3) is 0 Å². The molecule has 0 saturated heterocycles. The maximum absolute atomic E-state index is 10.6. The monoisotopic (exact) mass is 269 g/mol. The number of aliphatic hydroxyl groups is 1. The Morgan fingerprint density at radius 1 is 1.05 bits per heavy atom. The van der Waals surface area contributed by atoms with Crippen molar-refractivity contribution in [1.29, 1.82) is 0 Å². The minimum atomic E-state index is -0.863. The highest BCUT2D eigenvalue weighted by atomic mass is 16.3. The van der Waals surface area contributed by atoms with Crippen molar-refractivity contribution in [3.05, 3.63) is 71.3 Å². The van der Waals surface area contributed by atoms with E-state index in [4.69, 9.17) is 0 Å². The average Bonchev–Trinajstić information content (AvgIpc) is 2.46. The second kappa shape index (κ2) is 6.21. The van der Waals surface area contributed by atoms with E-state index in [1.807, 2.05) is 43.3 Å². The molecule has 2 rings (SSSR count). The zero-order valence-electron chi connectivity index (χ0n) is 12.4. The van der Waals surface area contributed by atoms with E-state index < -0.39 is 5.60 Å². The highest BCUT2D eigenvalue weighted by Gasteiger charge is 2.23. The highest BCUT2D eigenvalue weighted by Crippen LogP contribution is 2.22. The van der Waals surface area contributed by atoms with Crippen molar-refractivity contribution in [2.24, 2.45) is 0 Å². The summed E-state index contributed by atoms with van der Waals surface area (Å²) in [7, 11) is 0. The fraction of sp³-hybridized carbons (Fsp3) is 0.333. The topological polar surface area (TPSA) is 32.3 Å². The summed E-state index contributed by atoms with van der Waals surface area (Å²) < 4.78 is 0. The van der Waals surface area contributed by atoms with Crippen LogP contribution in [0.3, 0.4) is 0 Å². The number of aryl methyl sites for hydroxylation is 1. The first-order valence-electron chi connectivity index (χ1n) is 7.07. The minimum Gasteiger partial charge on any atom is -0.384 e. The van der Waals surface area contributed by atoms with Gasteiger partial charge in [0.15, 0.2) is 0 Å². The smallest absolute Gasteiger partial charge is 0.0992 e. The van der Waals surface area contributed by atoms with Crippen LogP contribution in [0.4, 0.5) is 0 Å². The van der Waals surface area contributed by atoms with Crippen molar-refractivity contribution in [2.75, 3.05) is 6.54 Å². The number of nitrogens with one attached hydrogen (secondary N) is 1. The normalized spacial score (nSPS) is 15.6. The lowest BCUT2D eigenvalue weighted by molar-refractivity contribution is 0.0543. The molecule has 2 nitrogen and oxygen atoms in total. The Hall–Kier alpha value is -1.64. The number of rotatable bonds is 5. The van der Waals surface area contributed by atoms with Crippen LogP contribution >= 0.6 is 0 Å². The third kappa shape index (κ3) is 3.47. The van der Waals surface area contributed by atoms with Crippen LogP contribution in [0.25, 0.3) is 0 Å². The lowest BCUT2D eigenvalue weighted by Crippen LogP contribution is -2.36. The maximum atomic E-state index is 10.6. The molecule has 0 aliphatic carbocycles. The SMILES string of the molecule is Cc1ccccc1[C@H](C)NCC(C)(O)c1ccccc1. The molecule has 0 fully saturated rings. The molecule has 0 radical (unpaired) electrons. The van der Waals surface area contributed by atoms with Crippen molar-refractivity contribution >= 4 is 0 Å². The lowest BCUT2D eigenvalue weighted by atomic mass is 9.95. The van der Waals surface area contributed by atoms with Crippen molar-refractivity contribution in [3.8, 4) is 0 Å². The van der Waals surface area contributed by atoms with Gasteiger partial charge in [0.05, 0.1) is 5.60 Å². The van der Waals surface area contributed by atoms with Gasteiger partial charge >= 0.3 is 0 Å². The van der Waals surface area contributed by atoms with Crippen molar-refractivity contribution in [2.45, 2.75) is 32.4 Å². The fourth-order valence-electron chi connectivity index (χ4n) is 2.43. The quantitative estimate of drug-likeness (QED) is 0.870. The van der Waals surface area contributed by atoms with E-state index in [-0.39, 0.29) is 6.04 Å². The van der Waals surface area contributed by atoms with Gasteiger partial charge in [0, 0.05) is 12.6 Å². The number of hydrogen-bond acceptors (Lipinski definition) is 2. The van der Waals surface area contributed by atoms with Gasteiger partial charge in [0.2, 0.25) is 0 Å². The van der Waals surface area contributed by atoms with Gasteiger partial charge in [-0.3, -0.25) is 0 Å². The number of hydrogen-bond donors (Lipinski definition) is 2. The van der Waals surface area contributed by atoms with Crippen LogP contribution in [0.1, 0.15) is 36.6 Å². The van der Waals surface area contributed by atoms with Crippen LogP contribution in [0.15, 0.2) is 54.6 Å². The molecule has 0 heterocycles. The lowest BCUT2D eigenvalue weighted by Gasteiger charge is -2.27. The summed E-state index contributed by atoms with van der Waals surface area (Å²) in [4.78, 5) is 0. The predicted molar refractivity (Wildman–Crippen MR) is 83.6 cm³/mol. The van der Waals surface area contributed by atoms with E-state index >= 15 is 0 Å². The maximum Gasteiger partial charge on any atom is 0.0992 e. The third-order valence-electron chi connectivity index (χ3n) is 3.80. The zero-order valence-corrected chi connectivity index (χ0v) is 12.4. The Morgan fingerprint density at radius 3 is 2.30 bits per heavy atom. The van der Waals surface area contributed by atoms with E-state index in [0.717, 1.165) is 5.56 Å². The summed E-state index contributed by atoms with van der Waals surface area (Å²) in [5, 5.41) is 14.0. The molecular formula is C18H23NO. The molecule has 2 atom stereocenters. The van der Waals surface area contributed by atoms with Crippen LogP contribution in [0.5, 0.6) is 0 Å². The van der Waals surface area contributed by atoms with Crippen LogP contribution < -0.4 is 5.32 Å². The van der Waals surface area contributed by atoms with Gasteiger partial charge < -0.3 is 10.4 Å². The van der Waals surface area contributed by atoms with E-state index in [0.29, 0.717) is 6.54 Å². The second-order valence-corrected chi connectivity index (χ2v) is 5.60. The molecule has 0 aliphatic heterocycles. The van der Waals surface area contributed by atoms with Gasteiger partial charge in [-0.25, -0.2) is 0 Å². The van der Waals surface area contributed by atoms with Crippen molar-refractivity contribution < 1.29 is 5.11 Å². The summed E-state index contributed by atoms with van der Waals surface area (Å²) in [6.07, 6.45) is 0. The van der Waals surface area contributed by atoms with E-state index in [2.05, 4.69) is 37.4 Å².